The van der Waals surface area contributed by atoms with E-state index in [0.29, 0.717) is 6.61 Å². The van der Waals surface area contributed by atoms with Crippen LogP contribution in [0.1, 0.15) is 12.0 Å². The van der Waals surface area contributed by atoms with Gasteiger partial charge in [-0.15, -0.1) is 0 Å². The van der Waals surface area contributed by atoms with E-state index in [2.05, 4.69) is 82.3 Å². The van der Waals surface area contributed by atoms with Crippen LogP contribution >= 0.6 is 0 Å². The summed E-state index contributed by atoms with van der Waals surface area (Å²) >= 11 is 0. The van der Waals surface area contributed by atoms with Crippen molar-refractivity contribution in [2.24, 2.45) is 0 Å². The molecule has 4 nitrogen and oxygen atoms in total. The summed E-state index contributed by atoms with van der Waals surface area (Å²) in [6.45, 7) is 5.33. The lowest BCUT2D eigenvalue weighted by Crippen LogP contribution is -2.47. The maximum Gasteiger partial charge on any atom is 0.143 e. The molecule has 0 saturated carbocycles. The van der Waals surface area contributed by atoms with E-state index in [-0.39, 0.29) is 5.54 Å². The minimum atomic E-state index is -0.241. The highest BCUT2D eigenvalue weighted by molar-refractivity contribution is 6.10. The van der Waals surface area contributed by atoms with Gasteiger partial charge < -0.3 is 14.0 Å². The van der Waals surface area contributed by atoms with Crippen LogP contribution in [0.3, 0.4) is 0 Å². The largest absolute Gasteiger partial charge is 0.489 e. The second kappa shape index (κ2) is 7.15. The van der Waals surface area contributed by atoms with Crippen molar-refractivity contribution >= 4 is 21.8 Å². The Hall–Kier alpha value is -2.82. The average Bonchev–Trinajstić information content (AvgIpc) is 3.17. The summed E-state index contributed by atoms with van der Waals surface area (Å²) in [4.78, 5) is 2.53. The van der Waals surface area contributed by atoms with Gasteiger partial charge in [0.1, 0.15) is 17.9 Å². The number of hydrogen-bond acceptors (Lipinski definition) is 3. The zero-order valence-electron chi connectivity index (χ0n) is 17.1. The standard InChI is InChI=1S/C26H26N2O2/c1-2-7-20(8-3-1)26(13-14-27-15-17-29-18-16-27)19-30-24-12-6-10-22-21-9-4-5-11-23(21)28(26)25(22)24/h1-12H,13-19H2. The maximum atomic E-state index is 6.47. The van der Waals surface area contributed by atoms with Crippen molar-refractivity contribution in [2.45, 2.75) is 12.0 Å². The quantitative estimate of drug-likeness (QED) is 0.501. The molecule has 0 N–H and O–H groups in total. The average molecular weight is 399 g/mol. The van der Waals surface area contributed by atoms with Gasteiger partial charge in [-0.05, 0) is 24.1 Å². The number of rotatable bonds is 4. The van der Waals surface area contributed by atoms with Crippen molar-refractivity contribution < 1.29 is 9.47 Å². The molecule has 1 unspecified atom stereocenters. The number of aromatic nitrogens is 1. The van der Waals surface area contributed by atoms with Crippen molar-refractivity contribution in [3.05, 3.63) is 78.4 Å². The molecule has 0 aliphatic carbocycles. The van der Waals surface area contributed by atoms with E-state index in [4.69, 9.17) is 9.47 Å². The minimum Gasteiger partial charge on any atom is -0.489 e. The van der Waals surface area contributed by atoms with Gasteiger partial charge in [0.05, 0.1) is 24.2 Å². The molecule has 0 bridgehead atoms. The van der Waals surface area contributed by atoms with E-state index in [0.717, 1.165) is 45.0 Å². The molecule has 3 heterocycles. The van der Waals surface area contributed by atoms with E-state index in [9.17, 15) is 0 Å². The van der Waals surface area contributed by atoms with Gasteiger partial charge in [0.2, 0.25) is 0 Å². The highest BCUT2D eigenvalue weighted by Gasteiger charge is 2.41. The topological polar surface area (TPSA) is 26.6 Å². The van der Waals surface area contributed by atoms with Crippen LogP contribution in [0, 0.1) is 0 Å². The number of morpholine rings is 1. The Balaban J connectivity index is 1.58. The summed E-state index contributed by atoms with van der Waals surface area (Å²) in [6, 6.07) is 26.1. The Kier molecular flexibility index (Phi) is 4.29. The number of ether oxygens (including phenoxy) is 2. The predicted molar refractivity (Wildman–Crippen MR) is 120 cm³/mol. The van der Waals surface area contributed by atoms with Gasteiger partial charge in [-0.25, -0.2) is 0 Å². The van der Waals surface area contributed by atoms with E-state index in [1.807, 2.05) is 0 Å². The fraction of sp³-hybridized carbons (Fsp3) is 0.308. The summed E-state index contributed by atoms with van der Waals surface area (Å²) in [5.74, 6) is 0.988. The molecule has 30 heavy (non-hydrogen) atoms. The molecule has 1 aromatic heterocycles. The lowest BCUT2D eigenvalue weighted by molar-refractivity contribution is 0.0307. The third kappa shape index (κ3) is 2.68. The molecule has 1 saturated heterocycles. The first-order valence-electron chi connectivity index (χ1n) is 10.9. The van der Waals surface area contributed by atoms with Gasteiger partial charge >= 0.3 is 0 Å². The van der Waals surface area contributed by atoms with E-state index in [1.165, 1.54) is 27.4 Å². The van der Waals surface area contributed by atoms with Gasteiger partial charge in [-0.2, -0.15) is 0 Å². The van der Waals surface area contributed by atoms with Crippen LogP contribution in [-0.4, -0.2) is 48.9 Å². The molecule has 1 fully saturated rings. The van der Waals surface area contributed by atoms with Crippen molar-refractivity contribution in [3.63, 3.8) is 0 Å². The maximum absolute atomic E-state index is 6.47. The molecular weight excluding hydrogens is 372 g/mol. The van der Waals surface area contributed by atoms with Crippen molar-refractivity contribution in [3.8, 4) is 5.75 Å². The smallest absolute Gasteiger partial charge is 0.143 e. The molecule has 0 spiro atoms. The monoisotopic (exact) mass is 398 g/mol. The molecule has 2 aliphatic heterocycles. The Bertz CT molecular complexity index is 1190. The van der Waals surface area contributed by atoms with Crippen molar-refractivity contribution in [2.75, 3.05) is 39.5 Å². The molecule has 1 atom stereocenters. The highest BCUT2D eigenvalue weighted by atomic mass is 16.5. The van der Waals surface area contributed by atoms with Gasteiger partial charge in [-0.3, -0.25) is 4.90 Å². The lowest BCUT2D eigenvalue weighted by Gasteiger charge is -2.42. The molecule has 0 amide bonds. The third-order valence-electron chi connectivity index (χ3n) is 6.81. The molecule has 3 aromatic carbocycles. The Labute approximate surface area is 176 Å². The molecule has 152 valence electrons. The highest BCUT2D eigenvalue weighted by Crippen LogP contribution is 2.46. The van der Waals surface area contributed by atoms with Crippen LogP contribution < -0.4 is 4.74 Å². The molecule has 6 rings (SSSR count). The molecule has 4 heteroatoms. The normalized spacial score (nSPS) is 21.7. The van der Waals surface area contributed by atoms with Gasteiger partial charge in [0.15, 0.2) is 0 Å². The van der Waals surface area contributed by atoms with Crippen LogP contribution in [0.2, 0.25) is 0 Å². The second-order valence-electron chi connectivity index (χ2n) is 8.40. The van der Waals surface area contributed by atoms with Crippen LogP contribution in [0.15, 0.2) is 72.8 Å². The zero-order valence-corrected chi connectivity index (χ0v) is 17.1. The van der Waals surface area contributed by atoms with Crippen LogP contribution in [0.4, 0.5) is 0 Å². The zero-order chi connectivity index (χ0) is 20.0. The predicted octanol–water partition coefficient (Wildman–Crippen LogP) is 4.65. The van der Waals surface area contributed by atoms with Crippen LogP contribution in [-0.2, 0) is 10.3 Å². The Morgan fingerprint density at radius 2 is 1.57 bits per heavy atom. The number of fused-ring (bicyclic) bond motifs is 3. The van der Waals surface area contributed by atoms with Gasteiger partial charge in [-0.1, -0.05) is 60.7 Å². The molecular formula is C26H26N2O2. The molecule has 4 aromatic rings. The number of para-hydroxylation sites is 2. The minimum absolute atomic E-state index is 0.241. The van der Waals surface area contributed by atoms with E-state index >= 15 is 0 Å². The number of benzene rings is 3. The van der Waals surface area contributed by atoms with E-state index < -0.39 is 0 Å². The summed E-state index contributed by atoms with van der Waals surface area (Å²) in [5.41, 5.74) is 3.58. The first-order chi connectivity index (χ1) is 14.9. The fourth-order valence-electron chi connectivity index (χ4n) is 5.27. The second-order valence-corrected chi connectivity index (χ2v) is 8.40. The number of nitrogens with zero attached hydrogens (tertiary/aromatic N) is 2. The summed E-state index contributed by atoms with van der Waals surface area (Å²) in [5, 5.41) is 2.57. The van der Waals surface area contributed by atoms with Crippen LogP contribution in [0.5, 0.6) is 5.75 Å². The first-order valence-corrected chi connectivity index (χ1v) is 10.9. The lowest BCUT2D eigenvalue weighted by atomic mass is 9.85. The molecule has 2 aliphatic rings. The van der Waals surface area contributed by atoms with E-state index in [1.54, 1.807) is 0 Å². The van der Waals surface area contributed by atoms with Crippen molar-refractivity contribution in [1.82, 2.24) is 9.47 Å². The summed E-state index contributed by atoms with van der Waals surface area (Å²) in [6.07, 6.45) is 0.999. The molecule has 0 radical (unpaired) electrons. The van der Waals surface area contributed by atoms with Crippen molar-refractivity contribution in [1.29, 1.82) is 0 Å². The third-order valence-corrected chi connectivity index (χ3v) is 6.81. The Morgan fingerprint density at radius 1 is 0.800 bits per heavy atom. The summed E-state index contributed by atoms with van der Waals surface area (Å²) in [7, 11) is 0. The van der Waals surface area contributed by atoms with Gasteiger partial charge in [0.25, 0.3) is 0 Å². The Morgan fingerprint density at radius 3 is 2.43 bits per heavy atom. The summed E-state index contributed by atoms with van der Waals surface area (Å²) < 4.78 is 14.6. The van der Waals surface area contributed by atoms with Crippen LogP contribution in [0.25, 0.3) is 21.8 Å². The first kappa shape index (κ1) is 18.0. The number of hydrogen-bond donors (Lipinski definition) is 0. The fourth-order valence-corrected chi connectivity index (χ4v) is 5.27. The SMILES string of the molecule is c1ccc(C2(CCN3CCOCC3)COc3cccc4c5ccccc5n2c34)cc1. The van der Waals surface area contributed by atoms with Gasteiger partial charge in [0, 0.05) is 30.4 Å².